The molecule has 0 radical (unpaired) electrons. The van der Waals surface area contributed by atoms with Gasteiger partial charge in [0.2, 0.25) is 0 Å². The summed E-state index contributed by atoms with van der Waals surface area (Å²) in [7, 11) is 0. The number of nitrogens with two attached hydrogens (primary N) is 1. The third-order valence-corrected chi connectivity index (χ3v) is 3.33. The topological polar surface area (TPSA) is 60.1 Å². The van der Waals surface area contributed by atoms with E-state index in [0.29, 0.717) is 19.1 Å². The van der Waals surface area contributed by atoms with E-state index in [4.69, 9.17) is 15.2 Å². The predicted octanol–water partition coefficient (Wildman–Crippen LogP) is 2.38. The minimum absolute atomic E-state index is 0. The summed E-state index contributed by atoms with van der Waals surface area (Å²) in [4.78, 5) is 6.54. The van der Waals surface area contributed by atoms with E-state index in [-0.39, 0.29) is 30.1 Å². The van der Waals surface area contributed by atoms with Crippen LogP contribution in [0.1, 0.15) is 25.0 Å². The van der Waals surface area contributed by atoms with Gasteiger partial charge in [0.25, 0.3) is 0 Å². The summed E-state index contributed by atoms with van der Waals surface area (Å²) < 4.78 is 10.9. The van der Waals surface area contributed by atoms with Gasteiger partial charge in [-0.25, -0.2) is 4.99 Å². The summed E-state index contributed by atoms with van der Waals surface area (Å²) in [5.74, 6) is 0.599. The highest BCUT2D eigenvalue weighted by molar-refractivity contribution is 14.0. The lowest BCUT2D eigenvalue weighted by Gasteiger charge is -2.27. The van der Waals surface area contributed by atoms with Crippen LogP contribution in [0.15, 0.2) is 29.3 Å². The Morgan fingerprint density at radius 3 is 2.68 bits per heavy atom. The van der Waals surface area contributed by atoms with Crippen LogP contribution in [-0.2, 0) is 22.6 Å². The fourth-order valence-electron chi connectivity index (χ4n) is 2.15. The molecule has 1 aliphatic rings. The summed E-state index contributed by atoms with van der Waals surface area (Å²) in [6.07, 6.45) is 0.239. The molecule has 0 amide bonds. The van der Waals surface area contributed by atoms with Gasteiger partial charge >= 0.3 is 0 Å². The van der Waals surface area contributed by atoms with Crippen molar-refractivity contribution >= 4 is 29.9 Å². The SMILES string of the molecule is CC(C)OCc1cccc(CN=C(N)N2CCOCC2)c1.I. The zero-order valence-electron chi connectivity index (χ0n) is 13.3. The lowest BCUT2D eigenvalue weighted by atomic mass is 10.1. The van der Waals surface area contributed by atoms with Crippen LogP contribution in [0.2, 0.25) is 0 Å². The standard InChI is InChI=1S/C16H25N3O2.HI/c1-13(2)21-12-15-5-3-4-14(10-15)11-18-16(17)19-6-8-20-9-7-19;/h3-5,10,13H,6-9,11-12H2,1-2H3,(H2,17,18);1H. The molecule has 1 fully saturated rings. The van der Waals surface area contributed by atoms with E-state index < -0.39 is 0 Å². The lowest BCUT2D eigenvalue weighted by molar-refractivity contribution is 0.0656. The number of hydrogen-bond donors (Lipinski definition) is 1. The molecule has 5 nitrogen and oxygen atoms in total. The monoisotopic (exact) mass is 419 g/mol. The van der Waals surface area contributed by atoms with Gasteiger partial charge in [0, 0.05) is 13.1 Å². The van der Waals surface area contributed by atoms with Gasteiger partial charge in [-0.05, 0) is 25.0 Å². The summed E-state index contributed by atoms with van der Waals surface area (Å²) in [6.45, 7) is 8.38. The molecule has 0 bridgehead atoms. The number of halogens is 1. The second-order valence-corrected chi connectivity index (χ2v) is 5.45. The van der Waals surface area contributed by atoms with Crippen LogP contribution in [0.4, 0.5) is 0 Å². The van der Waals surface area contributed by atoms with Crippen molar-refractivity contribution in [2.45, 2.75) is 33.1 Å². The molecule has 22 heavy (non-hydrogen) atoms. The van der Waals surface area contributed by atoms with Crippen LogP contribution < -0.4 is 5.73 Å². The van der Waals surface area contributed by atoms with Gasteiger partial charge in [0.1, 0.15) is 0 Å². The molecule has 0 aromatic heterocycles. The van der Waals surface area contributed by atoms with Crippen molar-refractivity contribution in [3.05, 3.63) is 35.4 Å². The van der Waals surface area contributed by atoms with Crippen molar-refractivity contribution in [1.82, 2.24) is 4.90 Å². The van der Waals surface area contributed by atoms with Crippen molar-refractivity contribution in [1.29, 1.82) is 0 Å². The van der Waals surface area contributed by atoms with Gasteiger partial charge in [0.15, 0.2) is 5.96 Å². The second-order valence-electron chi connectivity index (χ2n) is 5.45. The van der Waals surface area contributed by atoms with Crippen LogP contribution in [-0.4, -0.2) is 43.3 Å². The smallest absolute Gasteiger partial charge is 0.191 e. The molecule has 1 aromatic carbocycles. The van der Waals surface area contributed by atoms with E-state index in [1.165, 1.54) is 5.56 Å². The molecular weight excluding hydrogens is 393 g/mol. The Labute approximate surface area is 149 Å². The van der Waals surface area contributed by atoms with Crippen molar-refractivity contribution in [2.24, 2.45) is 10.7 Å². The van der Waals surface area contributed by atoms with Crippen molar-refractivity contribution in [2.75, 3.05) is 26.3 Å². The molecule has 0 spiro atoms. The number of aliphatic imine (C=N–C) groups is 1. The number of guanidine groups is 1. The summed E-state index contributed by atoms with van der Waals surface area (Å²) in [5.41, 5.74) is 8.35. The first kappa shape index (κ1) is 19.2. The Kier molecular flexibility index (Phi) is 8.74. The largest absolute Gasteiger partial charge is 0.378 e. The van der Waals surface area contributed by atoms with Gasteiger partial charge in [-0.15, -0.1) is 24.0 Å². The normalized spacial score (nSPS) is 15.8. The molecule has 1 saturated heterocycles. The first-order valence-electron chi connectivity index (χ1n) is 7.47. The summed E-state index contributed by atoms with van der Waals surface area (Å²) in [5, 5.41) is 0. The van der Waals surface area contributed by atoms with E-state index in [9.17, 15) is 0 Å². The maximum Gasteiger partial charge on any atom is 0.191 e. The second kappa shape index (κ2) is 10.0. The molecular formula is C16H26IN3O2. The predicted molar refractivity (Wildman–Crippen MR) is 99.5 cm³/mol. The Morgan fingerprint density at radius 1 is 1.32 bits per heavy atom. The Bertz CT molecular complexity index is 474. The number of rotatable bonds is 5. The van der Waals surface area contributed by atoms with Gasteiger partial charge in [-0.3, -0.25) is 0 Å². The van der Waals surface area contributed by atoms with Crippen LogP contribution in [0.3, 0.4) is 0 Å². The molecule has 1 aromatic rings. The highest BCUT2D eigenvalue weighted by atomic mass is 127. The maximum atomic E-state index is 6.03. The Balaban J connectivity index is 0.00000242. The average molecular weight is 419 g/mol. The van der Waals surface area contributed by atoms with Crippen LogP contribution in [0.25, 0.3) is 0 Å². The van der Waals surface area contributed by atoms with E-state index in [2.05, 4.69) is 28.1 Å². The average Bonchev–Trinajstić information content (AvgIpc) is 2.52. The number of ether oxygens (including phenoxy) is 2. The van der Waals surface area contributed by atoms with Crippen molar-refractivity contribution in [3.63, 3.8) is 0 Å². The maximum absolute atomic E-state index is 6.03. The molecule has 2 N–H and O–H groups in total. The fourth-order valence-corrected chi connectivity index (χ4v) is 2.15. The van der Waals surface area contributed by atoms with E-state index >= 15 is 0 Å². The molecule has 2 rings (SSSR count). The number of morpholine rings is 1. The molecule has 1 aliphatic heterocycles. The van der Waals surface area contributed by atoms with E-state index in [1.807, 2.05) is 19.9 Å². The number of nitrogens with zero attached hydrogens (tertiary/aromatic N) is 2. The Morgan fingerprint density at radius 2 is 2.00 bits per heavy atom. The van der Waals surface area contributed by atoms with Crippen LogP contribution >= 0.6 is 24.0 Å². The first-order chi connectivity index (χ1) is 10.1. The molecule has 6 heteroatoms. The number of hydrogen-bond acceptors (Lipinski definition) is 3. The highest BCUT2D eigenvalue weighted by Gasteiger charge is 2.11. The fraction of sp³-hybridized carbons (Fsp3) is 0.562. The molecule has 0 saturated carbocycles. The zero-order valence-corrected chi connectivity index (χ0v) is 15.7. The quantitative estimate of drug-likeness (QED) is 0.453. The van der Waals surface area contributed by atoms with Crippen molar-refractivity contribution < 1.29 is 9.47 Å². The molecule has 124 valence electrons. The number of benzene rings is 1. The van der Waals surface area contributed by atoms with Gasteiger partial charge in [-0.1, -0.05) is 24.3 Å². The van der Waals surface area contributed by atoms with Gasteiger partial charge in [-0.2, -0.15) is 0 Å². The third-order valence-electron chi connectivity index (χ3n) is 3.33. The van der Waals surface area contributed by atoms with Crippen molar-refractivity contribution in [3.8, 4) is 0 Å². The zero-order chi connectivity index (χ0) is 15.1. The van der Waals surface area contributed by atoms with E-state index in [0.717, 1.165) is 31.9 Å². The summed E-state index contributed by atoms with van der Waals surface area (Å²) in [6, 6.07) is 8.29. The molecule has 1 heterocycles. The van der Waals surface area contributed by atoms with E-state index in [1.54, 1.807) is 0 Å². The Hall–Kier alpha value is -0.860. The first-order valence-corrected chi connectivity index (χ1v) is 7.47. The molecule has 0 atom stereocenters. The highest BCUT2D eigenvalue weighted by Crippen LogP contribution is 2.09. The minimum Gasteiger partial charge on any atom is -0.378 e. The van der Waals surface area contributed by atoms with Crippen LogP contribution in [0.5, 0.6) is 0 Å². The van der Waals surface area contributed by atoms with Gasteiger partial charge < -0.3 is 20.1 Å². The third kappa shape index (κ3) is 6.50. The van der Waals surface area contributed by atoms with Crippen LogP contribution in [0, 0.1) is 0 Å². The van der Waals surface area contributed by atoms with Gasteiger partial charge in [0.05, 0.1) is 32.5 Å². The summed E-state index contributed by atoms with van der Waals surface area (Å²) >= 11 is 0. The molecule has 0 unspecified atom stereocenters. The minimum atomic E-state index is 0. The lowest BCUT2D eigenvalue weighted by Crippen LogP contribution is -2.44. The molecule has 0 aliphatic carbocycles.